The average molecular weight is 597 g/mol. The summed E-state index contributed by atoms with van der Waals surface area (Å²) in [7, 11) is 0.809. The minimum atomic E-state index is -4.97. The van der Waals surface area contributed by atoms with Crippen molar-refractivity contribution >= 4 is 46.2 Å². The van der Waals surface area contributed by atoms with Gasteiger partial charge in [-0.3, -0.25) is 19.0 Å². The van der Waals surface area contributed by atoms with E-state index in [9.17, 15) is 41.8 Å². The molecule has 0 saturated heterocycles. The highest BCUT2D eigenvalue weighted by molar-refractivity contribution is 8.16. The molecular weight excluding hydrogens is 572 g/mol. The first-order chi connectivity index (χ1) is 17.5. The Morgan fingerprint density at radius 3 is 2.26 bits per heavy atom. The van der Waals surface area contributed by atoms with Crippen LogP contribution in [0.25, 0.3) is 5.69 Å². The molecule has 7 nitrogen and oxygen atoms in total. The second-order valence-corrected chi connectivity index (χ2v) is 12.3. The van der Waals surface area contributed by atoms with E-state index in [1.165, 1.54) is 0 Å². The third kappa shape index (κ3) is 6.15. The maximum absolute atomic E-state index is 14.8. The molecule has 1 saturated carbocycles. The average Bonchev–Trinajstić information content (AvgIpc) is 3.56. The van der Waals surface area contributed by atoms with E-state index >= 15 is 0 Å². The number of thioether (sulfide) groups is 2. The van der Waals surface area contributed by atoms with Gasteiger partial charge in [0.15, 0.2) is 0 Å². The van der Waals surface area contributed by atoms with Crippen LogP contribution in [-0.2, 0) is 22.8 Å². The van der Waals surface area contributed by atoms with Crippen molar-refractivity contribution in [1.29, 1.82) is 0 Å². The topological polar surface area (TPSA) is 98.4 Å². The van der Waals surface area contributed by atoms with Gasteiger partial charge < -0.3 is 5.11 Å². The lowest BCUT2D eigenvalue weighted by Gasteiger charge is -2.26. The molecule has 1 N–H and O–H groups in total. The number of carboxylic acid groups (broad SMARTS) is 1. The van der Waals surface area contributed by atoms with E-state index in [2.05, 4.69) is 0 Å². The van der Waals surface area contributed by atoms with Crippen molar-refractivity contribution in [2.24, 2.45) is 24.3 Å². The van der Waals surface area contributed by atoms with Crippen molar-refractivity contribution in [3.8, 4) is 5.69 Å². The van der Waals surface area contributed by atoms with Crippen LogP contribution in [0, 0.1) is 23.1 Å². The largest absolute Gasteiger partial charge is 0.481 e. The fraction of sp³-hybridized carbons (Fsp3) is 0.500. The van der Waals surface area contributed by atoms with Crippen LogP contribution in [0.15, 0.2) is 32.7 Å². The molecule has 2 unspecified atom stereocenters. The molecule has 14 heteroatoms. The Hall–Kier alpha value is -2.25. The number of rotatable bonds is 9. The third-order valence-electron chi connectivity index (χ3n) is 6.48. The molecule has 1 aliphatic carbocycles. The van der Waals surface area contributed by atoms with Crippen molar-refractivity contribution in [2.45, 2.75) is 49.9 Å². The zero-order valence-electron chi connectivity index (χ0n) is 20.8. The van der Waals surface area contributed by atoms with Gasteiger partial charge in [0.1, 0.15) is 11.5 Å². The lowest BCUT2D eigenvalue weighted by Crippen LogP contribution is -2.41. The first-order valence-electron chi connectivity index (χ1n) is 11.5. The van der Waals surface area contributed by atoms with E-state index in [-0.39, 0.29) is 36.2 Å². The van der Waals surface area contributed by atoms with Gasteiger partial charge in [-0.15, -0.1) is 11.8 Å². The number of alkyl halides is 3. The van der Waals surface area contributed by atoms with Gasteiger partial charge in [0.2, 0.25) is 5.12 Å². The molecule has 0 spiro atoms. The molecule has 38 heavy (non-hydrogen) atoms. The summed E-state index contributed by atoms with van der Waals surface area (Å²) in [6.45, 7) is 5.22. The van der Waals surface area contributed by atoms with Crippen molar-refractivity contribution < 1.29 is 32.3 Å². The van der Waals surface area contributed by atoms with E-state index in [1.54, 1.807) is 6.92 Å². The Morgan fingerprint density at radius 1 is 1.16 bits per heavy atom. The molecule has 2 aromatic rings. The summed E-state index contributed by atoms with van der Waals surface area (Å²) in [5, 5.41) is 8.49. The van der Waals surface area contributed by atoms with Crippen molar-refractivity contribution in [2.75, 3.05) is 5.75 Å². The standard InChI is InChI=1S/C24H25ClF4N2O5S2/c1-11(2)19(20(33)34)23(5-6-23)10-37-21(35)12(3)38-16-8-15(14(26)7-13(16)25)31-18(32)9-17(24(27,28)29)30(4)22(31)36/h7-9,11-12,19H,5-6,10H2,1-4H3,(H,33,34). The number of nitrogens with zero attached hydrogens (tertiary/aromatic N) is 2. The minimum Gasteiger partial charge on any atom is -0.481 e. The van der Waals surface area contributed by atoms with Gasteiger partial charge in [0.25, 0.3) is 5.56 Å². The fourth-order valence-electron chi connectivity index (χ4n) is 4.43. The molecule has 1 fully saturated rings. The van der Waals surface area contributed by atoms with Crippen LogP contribution in [0.5, 0.6) is 0 Å². The van der Waals surface area contributed by atoms with Crippen LogP contribution in [-0.4, -0.2) is 36.3 Å². The Bertz CT molecular complexity index is 1390. The summed E-state index contributed by atoms with van der Waals surface area (Å²) >= 11 is 8.06. The van der Waals surface area contributed by atoms with Gasteiger partial charge >= 0.3 is 17.8 Å². The van der Waals surface area contributed by atoms with Gasteiger partial charge in [-0.25, -0.2) is 13.8 Å². The highest BCUT2D eigenvalue weighted by atomic mass is 35.5. The highest BCUT2D eigenvalue weighted by Crippen LogP contribution is 2.56. The van der Waals surface area contributed by atoms with Crippen LogP contribution in [0.3, 0.4) is 0 Å². The fourth-order valence-corrected chi connectivity index (χ4v) is 7.02. The van der Waals surface area contributed by atoms with E-state index < -0.39 is 57.2 Å². The molecule has 208 valence electrons. The molecular formula is C24H25ClF4N2O5S2. The quantitative estimate of drug-likeness (QED) is 0.313. The zero-order valence-corrected chi connectivity index (χ0v) is 23.2. The Kier molecular flexibility index (Phi) is 8.84. The maximum Gasteiger partial charge on any atom is 0.431 e. The van der Waals surface area contributed by atoms with E-state index in [0.29, 0.717) is 18.6 Å². The highest BCUT2D eigenvalue weighted by Gasteiger charge is 2.53. The van der Waals surface area contributed by atoms with E-state index in [4.69, 9.17) is 11.6 Å². The first kappa shape index (κ1) is 30.3. The number of aliphatic carboxylic acids is 1. The molecule has 0 aliphatic heterocycles. The van der Waals surface area contributed by atoms with Crippen molar-refractivity contribution in [1.82, 2.24) is 9.13 Å². The SMILES string of the molecule is CC(Sc1cc(-n2c(=O)cc(C(F)(F)F)n(C)c2=O)c(F)cc1Cl)C(=O)SCC1(C(C(=O)O)C(C)C)CC1. The molecule has 1 aromatic carbocycles. The number of carbonyl (C=O) groups is 2. The number of halogens is 5. The normalized spacial score (nSPS) is 16.4. The summed E-state index contributed by atoms with van der Waals surface area (Å²) < 4.78 is 54.7. The Morgan fingerprint density at radius 2 is 1.76 bits per heavy atom. The van der Waals surface area contributed by atoms with Crippen LogP contribution in [0.4, 0.5) is 17.6 Å². The minimum absolute atomic E-state index is 0.102. The van der Waals surface area contributed by atoms with Crippen molar-refractivity contribution in [3.05, 3.63) is 55.6 Å². The third-order valence-corrected chi connectivity index (χ3v) is 9.57. The van der Waals surface area contributed by atoms with Crippen molar-refractivity contribution in [3.63, 3.8) is 0 Å². The lowest BCUT2D eigenvalue weighted by molar-refractivity contribution is -0.146. The molecule has 0 bridgehead atoms. The van der Waals surface area contributed by atoms with Gasteiger partial charge in [-0.1, -0.05) is 37.2 Å². The predicted octanol–water partition coefficient (Wildman–Crippen LogP) is 5.22. The summed E-state index contributed by atoms with van der Waals surface area (Å²) in [5.41, 5.74) is -5.35. The molecule has 0 radical (unpaired) electrons. The van der Waals surface area contributed by atoms with Crippen LogP contribution >= 0.6 is 35.1 Å². The zero-order chi connectivity index (χ0) is 28.7. The monoisotopic (exact) mass is 596 g/mol. The van der Waals surface area contributed by atoms with Crippen LogP contribution < -0.4 is 11.2 Å². The number of benzene rings is 1. The Balaban J connectivity index is 1.85. The van der Waals surface area contributed by atoms with E-state index in [1.807, 2.05) is 13.8 Å². The first-order valence-corrected chi connectivity index (χ1v) is 13.7. The van der Waals surface area contributed by atoms with Gasteiger partial charge in [-0.05, 0) is 43.2 Å². The Labute approximate surface area is 228 Å². The molecule has 1 heterocycles. The second-order valence-electron chi connectivity index (χ2n) is 9.57. The summed E-state index contributed by atoms with van der Waals surface area (Å²) in [5.74, 6) is -2.37. The molecule has 3 rings (SSSR count). The second kappa shape index (κ2) is 11.1. The lowest BCUT2D eigenvalue weighted by atomic mass is 9.82. The van der Waals surface area contributed by atoms with E-state index in [0.717, 1.165) is 42.7 Å². The number of aromatic nitrogens is 2. The summed E-state index contributed by atoms with van der Waals surface area (Å²) in [6, 6.07) is 2.04. The summed E-state index contributed by atoms with van der Waals surface area (Å²) in [4.78, 5) is 49.8. The number of carbonyl (C=O) groups excluding carboxylic acids is 1. The smallest absolute Gasteiger partial charge is 0.431 e. The molecule has 2 atom stereocenters. The maximum atomic E-state index is 14.8. The van der Waals surface area contributed by atoms with Crippen LogP contribution in [0.2, 0.25) is 5.02 Å². The predicted molar refractivity (Wildman–Crippen MR) is 138 cm³/mol. The van der Waals surface area contributed by atoms with Gasteiger partial charge in [0.05, 0.1) is 21.9 Å². The number of carboxylic acids is 1. The molecule has 1 aromatic heterocycles. The molecule has 1 aliphatic rings. The van der Waals surface area contributed by atoms with Gasteiger partial charge in [0, 0.05) is 23.8 Å². The number of hydrogen-bond donors (Lipinski definition) is 1. The number of hydrogen-bond acceptors (Lipinski definition) is 6. The van der Waals surface area contributed by atoms with Gasteiger partial charge in [-0.2, -0.15) is 13.2 Å². The summed E-state index contributed by atoms with van der Waals surface area (Å²) in [6.07, 6.45) is -3.57. The molecule has 0 amide bonds. The van der Waals surface area contributed by atoms with Crippen LogP contribution in [0.1, 0.15) is 39.3 Å².